The van der Waals surface area contributed by atoms with Crippen molar-refractivity contribution in [2.45, 2.75) is 30.7 Å². The number of rotatable bonds is 6. The van der Waals surface area contributed by atoms with Gasteiger partial charge >= 0.3 is 0 Å². The zero-order chi connectivity index (χ0) is 17.9. The Morgan fingerprint density at radius 1 is 1.20 bits per heavy atom. The molecule has 10 nitrogen and oxygen atoms in total. The molecule has 1 fully saturated rings. The third-order valence-corrected chi connectivity index (χ3v) is 5.18. The third kappa shape index (κ3) is 4.23. The molecule has 0 radical (unpaired) electrons. The second-order valence-electron chi connectivity index (χ2n) is 5.98. The Balaban J connectivity index is 1.81. The Labute approximate surface area is 146 Å². The predicted molar refractivity (Wildman–Crippen MR) is 90.7 cm³/mol. The highest BCUT2D eigenvalue weighted by atomic mass is 32.2. The van der Waals surface area contributed by atoms with Crippen molar-refractivity contribution < 1.29 is 12.9 Å². The van der Waals surface area contributed by atoms with E-state index < -0.39 is 10.0 Å². The highest BCUT2D eigenvalue weighted by molar-refractivity contribution is 7.89. The van der Waals surface area contributed by atoms with Crippen molar-refractivity contribution in [2.24, 2.45) is 0 Å². The van der Waals surface area contributed by atoms with Crippen LogP contribution in [0.15, 0.2) is 21.9 Å². The van der Waals surface area contributed by atoms with Crippen molar-refractivity contribution >= 4 is 21.9 Å². The van der Waals surface area contributed by atoms with Crippen LogP contribution in [0.4, 0.5) is 11.9 Å². The molecule has 0 saturated carbocycles. The van der Waals surface area contributed by atoms with E-state index in [1.54, 1.807) is 4.90 Å². The average Bonchev–Trinajstić information content (AvgIpc) is 3.16. The lowest BCUT2D eigenvalue weighted by molar-refractivity contribution is 0.417. The van der Waals surface area contributed by atoms with E-state index in [2.05, 4.69) is 34.3 Å². The van der Waals surface area contributed by atoms with Gasteiger partial charge in [0.25, 0.3) is 0 Å². The normalized spacial score (nSPS) is 15.4. The van der Waals surface area contributed by atoms with E-state index in [0.29, 0.717) is 17.7 Å². The van der Waals surface area contributed by atoms with Crippen molar-refractivity contribution in [2.75, 3.05) is 37.0 Å². The van der Waals surface area contributed by atoms with E-state index in [1.807, 2.05) is 14.1 Å². The summed E-state index contributed by atoms with van der Waals surface area (Å²) in [6, 6.07) is 0. The fraction of sp³-hybridized carbons (Fsp3) is 0.571. The van der Waals surface area contributed by atoms with E-state index in [-0.39, 0.29) is 11.4 Å². The van der Waals surface area contributed by atoms with Crippen LogP contribution in [-0.4, -0.2) is 55.7 Å². The maximum atomic E-state index is 12.2. The molecule has 0 spiro atoms. The first-order valence-corrected chi connectivity index (χ1v) is 9.50. The van der Waals surface area contributed by atoms with Crippen LogP contribution in [0.5, 0.6) is 0 Å². The highest BCUT2D eigenvalue weighted by Crippen LogP contribution is 2.18. The number of piperidine rings is 1. The van der Waals surface area contributed by atoms with Crippen molar-refractivity contribution in [3.63, 3.8) is 0 Å². The second-order valence-corrected chi connectivity index (χ2v) is 7.75. The predicted octanol–water partition coefficient (Wildman–Crippen LogP) is 0.394. The molecule has 1 saturated heterocycles. The van der Waals surface area contributed by atoms with Crippen LogP contribution in [0.2, 0.25) is 0 Å². The van der Waals surface area contributed by atoms with Gasteiger partial charge in [-0.05, 0) is 19.3 Å². The van der Waals surface area contributed by atoms with Crippen LogP contribution in [0, 0.1) is 0 Å². The summed E-state index contributed by atoms with van der Waals surface area (Å²) in [4.78, 5) is 17.1. The molecule has 1 N–H and O–H groups in total. The minimum Gasteiger partial charge on any atom is -0.363 e. The van der Waals surface area contributed by atoms with Gasteiger partial charge in [0.2, 0.25) is 21.9 Å². The van der Waals surface area contributed by atoms with Crippen LogP contribution in [-0.2, 0) is 16.6 Å². The fourth-order valence-corrected chi connectivity index (χ4v) is 3.32. The summed E-state index contributed by atoms with van der Waals surface area (Å²) in [5, 5.41) is 3.41. The lowest BCUT2D eigenvalue weighted by Crippen LogP contribution is -2.32. The summed E-state index contributed by atoms with van der Waals surface area (Å²) in [5.41, 5.74) is 0. The van der Waals surface area contributed by atoms with Gasteiger partial charge < -0.3 is 14.3 Å². The molecule has 0 aliphatic carbocycles. The van der Waals surface area contributed by atoms with Crippen molar-refractivity contribution in [1.29, 1.82) is 0 Å². The summed E-state index contributed by atoms with van der Waals surface area (Å²) >= 11 is 0. The van der Waals surface area contributed by atoms with Gasteiger partial charge in [-0.25, -0.2) is 13.1 Å². The second kappa shape index (κ2) is 7.31. The molecule has 25 heavy (non-hydrogen) atoms. The van der Waals surface area contributed by atoms with E-state index in [4.69, 9.17) is 0 Å². The third-order valence-electron chi connectivity index (χ3n) is 3.84. The minimum atomic E-state index is -3.72. The number of aromatic nitrogens is 4. The lowest BCUT2D eigenvalue weighted by Gasteiger charge is -2.27. The Morgan fingerprint density at radius 2 is 1.96 bits per heavy atom. The first-order valence-electron chi connectivity index (χ1n) is 8.02. The van der Waals surface area contributed by atoms with Gasteiger partial charge in [0.05, 0.1) is 12.7 Å². The van der Waals surface area contributed by atoms with Gasteiger partial charge in [-0.15, -0.1) is 0 Å². The molecule has 0 atom stereocenters. The first kappa shape index (κ1) is 17.5. The van der Waals surface area contributed by atoms with E-state index in [9.17, 15) is 8.42 Å². The van der Waals surface area contributed by atoms with E-state index in [1.165, 1.54) is 6.42 Å². The Kier molecular flexibility index (Phi) is 5.13. The Morgan fingerprint density at radius 3 is 2.60 bits per heavy atom. The number of anilines is 2. The summed E-state index contributed by atoms with van der Waals surface area (Å²) in [5.74, 6) is 1.44. The van der Waals surface area contributed by atoms with E-state index >= 15 is 0 Å². The lowest BCUT2D eigenvalue weighted by atomic mass is 10.1. The molecule has 0 amide bonds. The number of hydrogen-bond acceptors (Lipinski definition) is 9. The van der Waals surface area contributed by atoms with Crippen LogP contribution in [0.25, 0.3) is 0 Å². The number of sulfonamides is 1. The molecule has 3 heterocycles. The Hall–Kier alpha value is -2.27. The largest absolute Gasteiger partial charge is 0.363 e. The molecule has 11 heteroatoms. The molecule has 2 aromatic heterocycles. The number of nitrogens with zero attached hydrogens (tertiary/aromatic N) is 6. The van der Waals surface area contributed by atoms with E-state index in [0.717, 1.165) is 38.4 Å². The highest BCUT2D eigenvalue weighted by Gasteiger charge is 2.20. The number of hydrogen-bond donors (Lipinski definition) is 1. The van der Waals surface area contributed by atoms with Gasteiger partial charge in [0, 0.05) is 27.2 Å². The van der Waals surface area contributed by atoms with Crippen LogP contribution in [0.3, 0.4) is 0 Å². The summed E-state index contributed by atoms with van der Waals surface area (Å²) < 4.78 is 31.4. The van der Waals surface area contributed by atoms with Gasteiger partial charge in [-0.3, -0.25) is 0 Å². The van der Waals surface area contributed by atoms with Crippen LogP contribution < -0.4 is 14.5 Å². The topological polar surface area (TPSA) is 117 Å². The van der Waals surface area contributed by atoms with Crippen molar-refractivity contribution in [1.82, 2.24) is 24.8 Å². The molecule has 0 aromatic carbocycles. The maximum Gasteiger partial charge on any atom is 0.245 e. The molecule has 136 valence electrons. The SMILES string of the molecule is CN(C)c1nc(CNS(=O)(=O)c2cnoc2)nc(N2CCCCC2)n1. The zero-order valence-corrected chi connectivity index (χ0v) is 15.0. The van der Waals surface area contributed by atoms with Gasteiger partial charge in [0.15, 0.2) is 5.82 Å². The maximum absolute atomic E-state index is 12.2. The summed E-state index contributed by atoms with van der Waals surface area (Å²) in [6.45, 7) is 1.74. The standard InChI is InChI=1S/C14H21N7O3S/c1-20(2)13-17-12(9-16-25(22,23)11-8-15-24-10-11)18-14(19-13)21-6-4-3-5-7-21/h8,10,16H,3-7,9H2,1-2H3. The Bertz CT molecular complexity index is 802. The van der Waals surface area contributed by atoms with Crippen LogP contribution >= 0.6 is 0 Å². The number of nitrogens with one attached hydrogen (secondary N) is 1. The molecule has 1 aliphatic heterocycles. The molecule has 0 bridgehead atoms. The quantitative estimate of drug-likeness (QED) is 0.773. The zero-order valence-electron chi connectivity index (χ0n) is 14.2. The first-order chi connectivity index (χ1) is 12.0. The molecule has 2 aromatic rings. The molecule has 1 aliphatic rings. The summed E-state index contributed by atoms with van der Waals surface area (Å²) in [7, 11) is -0.0523. The fourth-order valence-electron chi connectivity index (χ4n) is 2.48. The average molecular weight is 367 g/mol. The summed E-state index contributed by atoms with van der Waals surface area (Å²) in [6.07, 6.45) is 5.60. The van der Waals surface area contributed by atoms with Crippen molar-refractivity contribution in [3.05, 3.63) is 18.3 Å². The van der Waals surface area contributed by atoms with Crippen LogP contribution in [0.1, 0.15) is 25.1 Å². The smallest absolute Gasteiger partial charge is 0.245 e. The molecule has 3 rings (SSSR count). The monoisotopic (exact) mass is 367 g/mol. The van der Waals surface area contributed by atoms with Gasteiger partial charge in [0.1, 0.15) is 11.2 Å². The molecule has 0 unspecified atom stereocenters. The van der Waals surface area contributed by atoms with Crippen molar-refractivity contribution in [3.8, 4) is 0 Å². The molecular formula is C14H21N7O3S. The minimum absolute atomic E-state index is 0.0364. The van der Waals surface area contributed by atoms with Gasteiger partial charge in [-0.1, -0.05) is 5.16 Å². The molecular weight excluding hydrogens is 346 g/mol. The van der Waals surface area contributed by atoms with Gasteiger partial charge in [-0.2, -0.15) is 15.0 Å².